The third-order valence-electron chi connectivity index (χ3n) is 7.98. The second-order valence-electron chi connectivity index (χ2n) is 13.0. The van der Waals surface area contributed by atoms with Gasteiger partial charge in [0, 0.05) is 41.7 Å². The minimum absolute atomic E-state index is 0.154. The Kier molecular flexibility index (Phi) is 16.0. The van der Waals surface area contributed by atoms with Gasteiger partial charge < -0.3 is 73.1 Å². The van der Waals surface area contributed by atoms with E-state index in [-0.39, 0.29) is 49.7 Å². The molecule has 8 rings (SSSR count). The molecule has 0 atom stereocenters. The molecule has 304 valence electrons. The number of hydrogen-bond acceptors (Lipinski definition) is 10. The van der Waals surface area contributed by atoms with Gasteiger partial charge in [0.15, 0.2) is 57.5 Å². The number of hydrogen-bond donors (Lipinski definition) is 4. The molecule has 0 radical (unpaired) electrons. The first-order valence-electron chi connectivity index (χ1n) is 17.8. The van der Waals surface area contributed by atoms with E-state index in [9.17, 15) is 0 Å². The lowest BCUT2D eigenvalue weighted by molar-refractivity contribution is -0.0431. The number of nitrogens with zero attached hydrogens (tertiary/aromatic N) is 5. The number of phenols is 4. The summed E-state index contributed by atoms with van der Waals surface area (Å²) in [5.74, 6) is 3.27. The highest BCUT2D eigenvalue weighted by molar-refractivity contribution is 5.47. The predicted molar refractivity (Wildman–Crippen MR) is 218 cm³/mol. The van der Waals surface area contributed by atoms with Crippen molar-refractivity contribution in [3.63, 3.8) is 0 Å². The molecule has 5 aromatic carbocycles. The van der Waals surface area contributed by atoms with E-state index in [2.05, 4.69) is 24.2 Å². The fraction of sp³-hybridized carbons (Fsp3) is 0.222. The summed E-state index contributed by atoms with van der Waals surface area (Å²) in [4.78, 5) is 16.2. The maximum absolute atomic E-state index is 8.97. The summed E-state index contributed by atoms with van der Waals surface area (Å²) < 4.78 is 31.7. The van der Waals surface area contributed by atoms with Crippen LogP contribution in [0.2, 0.25) is 0 Å². The van der Waals surface area contributed by atoms with Gasteiger partial charge in [0.25, 0.3) is 0 Å². The molecule has 0 amide bonds. The van der Waals surface area contributed by atoms with E-state index < -0.39 is 5.79 Å². The Balaban J connectivity index is 0.000000166. The number of rotatable bonds is 5. The molecule has 60 heavy (non-hydrogen) atoms. The molecule has 5 aromatic rings. The zero-order valence-corrected chi connectivity index (χ0v) is 32.6. The van der Waals surface area contributed by atoms with Crippen LogP contribution in [0.3, 0.4) is 0 Å². The summed E-state index contributed by atoms with van der Waals surface area (Å²) in [6.45, 7) is 39.2. The molecule has 3 heterocycles. The molecule has 3 aliphatic rings. The van der Waals surface area contributed by atoms with E-state index in [1.165, 1.54) is 24.3 Å². The van der Waals surface area contributed by atoms with E-state index >= 15 is 0 Å². The zero-order chi connectivity index (χ0) is 43.5. The van der Waals surface area contributed by atoms with Crippen LogP contribution < -0.4 is 28.4 Å². The second-order valence-corrected chi connectivity index (χ2v) is 13.0. The van der Waals surface area contributed by atoms with E-state index in [0.717, 1.165) is 51.2 Å². The number of fused-ring (bicyclic) bond motifs is 3. The van der Waals surface area contributed by atoms with E-state index in [4.69, 9.17) is 81.7 Å². The van der Waals surface area contributed by atoms with Crippen LogP contribution in [0.5, 0.6) is 57.5 Å². The second kappa shape index (κ2) is 21.7. The highest BCUT2D eigenvalue weighted by Gasteiger charge is 2.31. The normalized spacial score (nSPS) is 12.2. The SMILES string of the molecule is [C-]#[N+]Cc1ccc(O)c(O)c1.[C-]#[N+]Cc1ccc(O)c(O)c1.[C-]#[N+]Cc1ccc2c(c1)OC(C)(C)O2.[C-]#[N+]Cc1ccc2c(c1)OCO2.[C-]#[N+]Cc1ccc2c(c1)OCO2. The molecular formula is C45H39N5O10. The van der Waals surface area contributed by atoms with Crippen LogP contribution >= 0.6 is 0 Å². The molecule has 0 saturated heterocycles. The zero-order valence-electron chi connectivity index (χ0n) is 32.6. The first-order chi connectivity index (χ1) is 28.9. The third kappa shape index (κ3) is 13.3. The van der Waals surface area contributed by atoms with Gasteiger partial charge in [-0.3, -0.25) is 0 Å². The molecular weight excluding hydrogens is 771 g/mol. The molecule has 3 aliphatic heterocycles. The van der Waals surface area contributed by atoms with Gasteiger partial charge in [-0.15, -0.1) is 0 Å². The predicted octanol–water partition coefficient (Wildman–Crippen LogP) is 9.32. The first kappa shape index (κ1) is 44.3. The van der Waals surface area contributed by atoms with Crippen LogP contribution in [0.1, 0.15) is 41.7 Å². The topological polar surface area (TPSA) is 158 Å². The van der Waals surface area contributed by atoms with Gasteiger partial charge in [0.2, 0.25) is 52.1 Å². The molecule has 0 unspecified atom stereocenters. The molecule has 4 N–H and O–H groups in total. The monoisotopic (exact) mass is 809 g/mol. The minimum Gasteiger partial charge on any atom is -0.504 e. The van der Waals surface area contributed by atoms with Gasteiger partial charge in [-0.2, -0.15) is 0 Å². The number of aromatic hydroxyl groups is 4. The Morgan fingerprint density at radius 1 is 0.400 bits per heavy atom. The highest BCUT2D eigenvalue weighted by atomic mass is 16.7. The summed E-state index contributed by atoms with van der Waals surface area (Å²) in [5, 5.41) is 35.7. The summed E-state index contributed by atoms with van der Waals surface area (Å²) >= 11 is 0. The van der Waals surface area contributed by atoms with Crippen LogP contribution in [0.4, 0.5) is 0 Å². The van der Waals surface area contributed by atoms with Gasteiger partial charge in [-0.25, -0.2) is 32.9 Å². The maximum atomic E-state index is 8.97. The maximum Gasteiger partial charge on any atom is 0.246 e. The van der Waals surface area contributed by atoms with Crippen LogP contribution in [0, 0.1) is 32.9 Å². The Labute approximate surface area is 347 Å². The van der Waals surface area contributed by atoms with Crippen molar-refractivity contribution in [3.8, 4) is 57.5 Å². The van der Waals surface area contributed by atoms with Crippen molar-refractivity contribution in [2.45, 2.75) is 52.4 Å². The Morgan fingerprint density at radius 2 is 0.700 bits per heavy atom. The van der Waals surface area contributed by atoms with E-state index in [1.807, 2.05) is 68.4 Å². The van der Waals surface area contributed by atoms with Crippen molar-refractivity contribution in [3.05, 3.63) is 176 Å². The van der Waals surface area contributed by atoms with Gasteiger partial charge in [0.1, 0.15) is 0 Å². The van der Waals surface area contributed by atoms with E-state index in [1.54, 1.807) is 12.1 Å². The molecule has 0 fully saturated rings. The van der Waals surface area contributed by atoms with Gasteiger partial charge in [0.05, 0.1) is 0 Å². The third-order valence-corrected chi connectivity index (χ3v) is 7.98. The fourth-order valence-electron chi connectivity index (χ4n) is 5.24. The van der Waals surface area contributed by atoms with Gasteiger partial charge in [-0.05, 0) is 91.0 Å². The van der Waals surface area contributed by atoms with Crippen molar-refractivity contribution < 1.29 is 48.8 Å². The summed E-state index contributed by atoms with van der Waals surface area (Å²) in [5.41, 5.74) is 4.30. The van der Waals surface area contributed by atoms with E-state index in [0.29, 0.717) is 30.8 Å². The summed E-state index contributed by atoms with van der Waals surface area (Å²) in [6, 6.07) is 25.4. The quantitative estimate of drug-likeness (QED) is 0.0996. The van der Waals surface area contributed by atoms with Crippen LogP contribution in [-0.2, 0) is 32.7 Å². The van der Waals surface area contributed by atoms with Gasteiger partial charge >= 0.3 is 0 Å². The lowest BCUT2D eigenvalue weighted by Crippen LogP contribution is -2.29. The smallest absolute Gasteiger partial charge is 0.246 e. The average molecular weight is 810 g/mol. The van der Waals surface area contributed by atoms with Crippen LogP contribution in [0.25, 0.3) is 24.2 Å². The number of ether oxygens (including phenoxy) is 6. The summed E-state index contributed by atoms with van der Waals surface area (Å²) in [6.07, 6.45) is 0. The van der Waals surface area contributed by atoms with Crippen LogP contribution in [-0.4, -0.2) is 39.8 Å². The standard InChI is InChI=1S/C11H11NO2.2C9H7NO2.2C8H7NO2/c1-11(2)13-9-5-4-8(7-12-3)6-10(9)14-11;2*1-10-5-7-2-3-8-9(4-7)12-6-11-8;2*1-9-5-6-2-3-7(10)8(11)4-6/h4-6H,7H2,1-2H3;2*2-4H,5-6H2;2*2-4,10-11H,5H2. The molecule has 0 saturated carbocycles. The number of benzene rings is 5. The Bertz CT molecular complexity index is 2360. The lowest BCUT2D eigenvalue weighted by atomic mass is 10.2. The Morgan fingerprint density at radius 3 is 1.07 bits per heavy atom. The molecule has 0 spiro atoms. The largest absolute Gasteiger partial charge is 0.504 e. The van der Waals surface area contributed by atoms with Crippen molar-refractivity contribution in [2.24, 2.45) is 0 Å². The average Bonchev–Trinajstić information content (AvgIpc) is 3.97. The molecule has 0 aliphatic carbocycles. The summed E-state index contributed by atoms with van der Waals surface area (Å²) in [7, 11) is 0. The van der Waals surface area contributed by atoms with Crippen molar-refractivity contribution in [2.75, 3.05) is 13.6 Å². The van der Waals surface area contributed by atoms with Crippen molar-refractivity contribution in [1.29, 1.82) is 0 Å². The first-order valence-corrected chi connectivity index (χ1v) is 17.8. The number of phenolic OH excluding ortho intramolecular Hbond substituents is 4. The molecule has 15 heteroatoms. The van der Waals surface area contributed by atoms with Gasteiger partial charge in [-0.1, -0.05) is 0 Å². The van der Waals surface area contributed by atoms with Crippen LogP contribution in [0.15, 0.2) is 91.0 Å². The van der Waals surface area contributed by atoms with Crippen molar-refractivity contribution in [1.82, 2.24) is 0 Å². The van der Waals surface area contributed by atoms with Crippen molar-refractivity contribution >= 4 is 0 Å². The Hall–Kier alpha value is -8.45. The lowest BCUT2D eigenvalue weighted by Gasteiger charge is -2.16. The molecule has 15 nitrogen and oxygen atoms in total. The molecule has 0 bridgehead atoms. The fourth-order valence-corrected chi connectivity index (χ4v) is 5.24. The minimum atomic E-state index is -0.584. The highest BCUT2D eigenvalue weighted by Crippen LogP contribution is 2.40. The molecule has 0 aromatic heterocycles.